The summed E-state index contributed by atoms with van der Waals surface area (Å²) >= 11 is 0. The molecule has 1 unspecified atom stereocenters. The molecule has 0 bridgehead atoms. The van der Waals surface area contributed by atoms with Crippen molar-refractivity contribution < 1.29 is 46.5 Å². The minimum absolute atomic E-state index is 0. The van der Waals surface area contributed by atoms with Gasteiger partial charge in [-0.2, -0.15) is 0 Å². The maximum Gasteiger partial charge on any atom is 3.00 e. The molecule has 1 aliphatic carbocycles. The van der Waals surface area contributed by atoms with Gasteiger partial charge < -0.3 is 30.1 Å². The molecule has 0 saturated heterocycles. The molecule has 0 heterocycles. The van der Waals surface area contributed by atoms with E-state index in [1.807, 2.05) is 18.2 Å². The van der Waals surface area contributed by atoms with Gasteiger partial charge in [-0.1, -0.05) is 85.3 Å². The summed E-state index contributed by atoms with van der Waals surface area (Å²) < 4.78 is 0. The van der Waals surface area contributed by atoms with Crippen LogP contribution in [0.5, 0.6) is 0 Å². The second-order valence-electron chi connectivity index (χ2n) is 5.50. The first kappa shape index (κ1) is 23.0. The van der Waals surface area contributed by atoms with Crippen molar-refractivity contribution in [1.82, 2.24) is 0 Å². The van der Waals surface area contributed by atoms with E-state index in [9.17, 15) is 0 Å². The Hall–Kier alpha value is -0.986. The van der Waals surface area contributed by atoms with E-state index in [0.29, 0.717) is 0 Å². The van der Waals surface area contributed by atoms with Crippen molar-refractivity contribution in [2.75, 3.05) is 0 Å². The van der Waals surface area contributed by atoms with Crippen molar-refractivity contribution in [2.24, 2.45) is 0 Å². The van der Waals surface area contributed by atoms with E-state index < -0.39 is 0 Å². The van der Waals surface area contributed by atoms with Gasteiger partial charge in [0.15, 0.2) is 0 Å². The number of hydrogen-bond donors (Lipinski definition) is 0. The largest absolute Gasteiger partial charge is 3.00 e. The molecule has 0 aromatic heterocycles. The number of nitrogens with zero attached hydrogens (tertiary/aromatic N) is 1. The molecule has 1 nitrogen and oxygen atoms in total. The third kappa shape index (κ3) is 5.26. The molecule has 4 heteroatoms. The second-order valence-corrected chi connectivity index (χ2v) is 5.50. The van der Waals surface area contributed by atoms with Crippen LogP contribution < -0.4 is 24.8 Å². The number of rotatable bonds is 4. The van der Waals surface area contributed by atoms with Gasteiger partial charge in [0.1, 0.15) is 0 Å². The Kier molecular flexibility index (Phi) is 10.3. The Morgan fingerprint density at radius 1 is 0.917 bits per heavy atom. The van der Waals surface area contributed by atoms with Crippen LogP contribution in [0, 0.1) is 0 Å². The van der Waals surface area contributed by atoms with Crippen LogP contribution in [0.25, 0.3) is 10.9 Å². The van der Waals surface area contributed by atoms with Crippen molar-refractivity contribution >= 4 is 11.3 Å². The molecule has 2 aromatic carbocycles. The molecule has 1 aliphatic rings. The summed E-state index contributed by atoms with van der Waals surface area (Å²) in [5.74, 6) is 0. The Labute approximate surface area is 172 Å². The number of allylic oxidation sites excluding steroid dienone is 4. The quantitative estimate of drug-likeness (QED) is 0.659. The first-order valence-corrected chi connectivity index (χ1v) is 7.47. The Balaban J connectivity index is 0.00000176. The van der Waals surface area contributed by atoms with Gasteiger partial charge in [0.05, 0.1) is 0 Å². The van der Waals surface area contributed by atoms with Crippen molar-refractivity contribution in [2.45, 2.75) is 26.3 Å². The Morgan fingerprint density at radius 3 is 2.17 bits per heavy atom. The topological polar surface area (TPSA) is 14.1 Å². The van der Waals surface area contributed by atoms with Gasteiger partial charge in [-0.3, -0.25) is 0 Å². The molecule has 0 aliphatic heterocycles. The van der Waals surface area contributed by atoms with Gasteiger partial charge in [0, 0.05) is 0 Å². The van der Waals surface area contributed by atoms with E-state index in [1.54, 1.807) is 0 Å². The van der Waals surface area contributed by atoms with E-state index >= 15 is 0 Å². The smallest absolute Gasteiger partial charge is 1.00 e. The van der Waals surface area contributed by atoms with Crippen LogP contribution in [0.1, 0.15) is 37.4 Å². The maximum atomic E-state index is 4.84. The zero-order valence-corrected chi connectivity index (χ0v) is 16.9. The van der Waals surface area contributed by atoms with Crippen LogP contribution in [-0.4, -0.2) is 0 Å². The SMILES string of the molecule is CC1=C(c2ccccc2C(C)[N-]c2ccccc2)CC=C1.[Cl-].[Cl-].[Ti+3]. The first-order chi connectivity index (χ1) is 10.3. The summed E-state index contributed by atoms with van der Waals surface area (Å²) in [6, 6.07) is 19.0. The fourth-order valence-electron chi connectivity index (χ4n) is 2.88. The Morgan fingerprint density at radius 2 is 1.54 bits per heavy atom. The van der Waals surface area contributed by atoms with Crippen LogP contribution >= 0.6 is 0 Å². The summed E-state index contributed by atoms with van der Waals surface area (Å²) in [5, 5.41) is 4.84. The number of hydrogen-bond acceptors (Lipinski definition) is 0. The third-order valence-electron chi connectivity index (χ3n) is 4.00. The van der Waals surface area contributed by atoms with Crippen LogP contribution in [0.4, 0.5) is 5.69 Å². The molecule has 0 N–H and O–H groups in total. The monoisotopic (exact) mass is 392 g/mol. The zero-order valence-electron chi connectivity index (χ0n) is 13.8. The summed E-state index contributed by atoms with van der Waals surface area (Å²) in [4.78, 5) is 0. The maximum absolute atomic E-state index is 4.84. The molecule has 24 heavy (non-hydrogen) atoms. The van der Waals surface area contributed by atoms with E-state index in [0.717, 1.165) is 12.1 Å². The van der Waals surface area contributed by atoms with Crippen molar-refractivity contribution in [1.29, 1.82) is 0 Å². The number of benzene rings is 2. The molecule has 0 saturated carbocycles. The minimum Gasteiger partial charge on any atom is -1.00 e. The molecule has 1 atom stereocenters. The average molecular weight is 393 g/mol. The molecule has 123 valence electrons. The molecule has 1 radical (unpaired) electrons. The first-order valence-electron chi connectivity index (χ1n) is 7.47. The second kappa shape index (κ2) is 10.8. The van der Waals surface area contributed by atoms with Gasteiger partial charge >= 0.3 is 21.7 Å². The van der Waals surface area contributed by atoms with Gasteiger partial charge in [0.2, 0.25) is 0 Å². The van der Waals surface area contributed by atoms with Crippen LogP contribution in [0.15, 0.2) is 72.3 Å². The predicted octanol–water partition coefficient (Wildman–Crippen LogP) is 0.192. The van der Waals surface area contributed by atoms with Gasteiger partial charge in [-0.25, -0.2) is 0 Å². The molecule has 2 aromatic rings. The minimum atomic E-state index is 0. The summed E-state index contributed by atoms with van der Waals surface area (Å²) in [6.07, 6.45) is 5.48. The average Bonchev–Trinajstić information content (AvgIpc) is 2.94. The fourth-order valence-corrected chi connectivity index (χ4v) is 2.88. The van der Waals surface area contributed by atoms with Gasteiger partial charge in [0.25, 0.3) is 0 Å². The predicted molar refractivity (Wildman–Crippen MR) is 90.7 cm³/mol. The molecular weight excluding hydrogens is 373 g/mol. The van der Waals surface area contributed by atoms with Gasteiger partial charge in [-0.05, 0) is 30.1 Å². The zero-order chi connectivity index (χ0) is 14.7. The van der Waals surface area contributed by atoms with Crippen molar-refractivity contribution in [3.8, 4) is 0 Å². The number of para-hydroxylation sites is 1. The Bertz CT molecular complexity index is 696. The normalized spacial score (nSPS) is 13.4. The third-order valence-corrected chi connectivity index (χ3v) is 4.00. The standard InChI is InChI=1S/C20H20N.2ClH.Ti/c1-15-9-8-14-18(15)20-13-7-6-12-19(20)16(2)21-17-10-4-3-5-11-17;;;/h3-13,16H,14H2,1-2H3;2*1H;/q-1;;;+3/p-2. The molecule has 0 spiro atoms. The fraction of sp³-hybridized carbons (Fsp3) is 0.200. The summed E-state index contributed by atoms with van der Waals surface area (Å²) in [6.45, 7) is 4.36. The molecular formula is C20H20Cl2NTi. The molecule has 0 amide bonds. The van der Waals surface area contributed by atoms with E-state index in [-0.39, 0.29) is 52.6 Å². The number of halogens is 2. The van der Waals surface area contributed by atoms with Crippen LogP contribution in [0.2, 0.25) is 0 Å². The van der Waals surface area contributed by atoms with Crippen molar-refractivity contribution in [3.63, 3.8) is 0 Å². The van der Waals surface area contributed by atoms with E-state index in [4.69, 9.17) is 5.32 Å². The van der Waals surface area contributed by atoms with Crippen molar-refractivity contribution in [3.05, 3.63) is 88.8 Å². The van der Waals surface area contributed by atoms with E-state index in [1.165, 1.54) is 22.3 Å². The van der Waals surface area contributed by atoms with E-state index in [2.05, 4.69) is 62.4 Å². The molecule has 3 rings (SSSR count). The summed E-state index contributed by atoms with van der Waals surface area (Å²) in [7, 11) is 0. The van der Waals surface area contributed by atoms with Crippen LogP contribution in [0.3, 0.4) is 0 Å². The van der Waals surface area contributed by atoms with Crippen LogP contribution in [-0.2, 0) is 21.7 Å². The summed E-state index contributed by atoms with van der Waals surface area (Å²) in [5.41, 5.74) is 6.48. The molecule has 0 fully saturated rings. The van der Waals surface area contributed by atoms with Gasteiger partial charge in [-0.15, -0.1) is 5.69 Å².